The molecule has 0 unspecified atom stereocenters. The fraction of sp³-hybridized carbons (Fsp3) is 0.154. The van der Waals surface area contributed by atoms with Crippen molar-refractivity contribution < 1.29 is 14.8 Å². The molecule has 1 aromatic carbocycles. The van der Waals surface area contributed by atoms with Crippen LogP contribution in [0.4, 0.5) is 11.4 Å². The minimum atomic E-state index is -1.19. The van der Waals surface area contributed by atoms with E-state index in [9.17, 15) is 14.9 Å². The average molecular weight is 292 g/mol. The SMILES string of the molecule is Cc1c(NCc2ccsc2)cc(C(=O)O)cc1[N+](=O)[O-]. The van der Waals surface area contributed by atoms with Gasteiger partial charge in [-0.25, -0.2) is 4.79 Å². The number of hydrogen-bond acceptors (Lipinski definition) is 5. The highest BCUT2D eigenvalue weighted by Crippen LogP contribution is 2.28. The number of thiophene rings is 1. The van der Waals surface area contributed by atoms with Crippen LogP contribution in [-0.2, 0) is 6.54 Å². The first-order valence-corrected chi connectivity index (χ1v) is 6.70. The zero-order valence-electron chi connectivity index (χ0n) is 10.6. The summed E-state index contributed by atoms with van der Waals surface area (Å²) in [6.07, 6.45) is 0. The molecule has 0 aliphatic heterocycles. The summed E-state index contributed by atoms with van der Waals surface area (Å²) in [5.74, 6) is -1.19. The summed E-state index contributed by atoms with van der Waals surface area (Å²) in [6, 6.07) is 4.42. The molecule has 1 aromatic heterocycles. The minimum absolute atomic E-state index is 0.102. The molecule has 2 N–H and O–H groups in total. The van der Waals surface area contributed by atoms with Gasteiger partial charge in [0.15, 0.2) is 0 Å². The second-order valence-electron chi connectivity index (χ2n) is 4.22. The van der Waals surface area contributed by atoms with Gasteiger partial charge in [0.25, 0.3) is 5.69 Å². The normalized spacial score (nSPS) is 10.2. The molecule has 104 valence electrons. The van der Waals surface area contributed by atoms with Gasteiger partial charge in [-0.3, -0.25) is 10.1 Å². The maximum Gasteiger partial charge on any atom is 0.336 e. The van der Waals surface area contributed by atoms with Gasteiger partial charge in [0.2, 0.25) is 0 Å². The Kier molecular flexibility index (Phi) is 3.99. The van der Waals surface area contributed by atoms with Crippen LogP contribution < -0.4 is 5.32 Å². The Hall–Kier alpha value is -2.41. The summed E-state index contributed by atoms with van der Waals surface area (Å²) >= 11 is 1.55. The van der Waals surface area contributed by atoms with Gasteiger partial charge in [0, 0.05) is 23.9 Å². The van der Waals surface area contributed by atoms with Crippen molar-refractivity contribution in [3.8, 4) is 0 Å². The van der Waals surface area contributed by atoms with Crippen LogP contribution in [0, 0.1) is 17.0 Å². The van der Waals surface area contributed by atoms with Crippen molar-refractivity contribution in [3.63, 3.8) is 0 Å². The Morgan fingerprint density at radius 1 is 1.50 bits per heavy atom. The van der Waals surface area contributed by atoms with Gasteiger partial charge in [-0.2, -0.15) is 11.3 Å². The van der Waals surface area contributed by atoms with Crippen molar-refractivity contribution in [2.75, 3.05) is 5.32 Å². The number of nitro benzene ring substituents is 1. The smallest absolute Gasteiger partial charge is 0.336 e. The van der Waals surface area contributed by atoms with E-state index in [1.165, 1.54) is 6.07 Å². The predicted octanol–water partition coefficient (Wildman–Crippen LogP) is 3.28. The number of carboxylic acids is 1. The van der Waals surface area contributed by atoms with Crippen molar-refractivity contribution in [2.24, 2.45) is 0 Å². The first-order chi connectivity index (χ1) is 9.49. The van der Waals surface area contributed by atoms with Crippen LogP contribution in [0.15, 0.2) is 29.0 Å². The van der Waals surface area contributed by atoms with Gasteiger partial charge in [-0.05, 0) is 35.4 Å². The molecule has 6 nitrogen and oxygen atoms in total. The Morgan fingerprint density at radius 2 is 2.25 bits per heavy atom. The Bertz CT molecular complexity index is 653. The highest BCUT2D eigenvalue weighted by Gasteiger charge is 2.18. The predicted molar refractivity (Wildman–Crippen MR) is 76.4 cm³/mol. The van der Waals surface area contributed by atoms with Gasteiger partial charge >= 0.3 is 5.97 Å². The van der Waals surface area contributed by atoms with Gasteiger partial charge < -0.3 is 10.4 Å². The number of nitrogens with one attached hydrogen (secondary N) is 1. The first-order valence-electron chi connectivity index (χ1n) is 5.76. The van der Waals surface area contributed by atoms with Crippen LogP contribution in [-0.4, -0.2) is 16.0 Å². The van der Waals surface area contributed by atoms with E-state index in [2.05, 4.69) is 5.32 Å². The number of rotatable bonds is 5. The van der Waals surface area contributed by atoms with E-state index >= 15 is 0 Å². The van der Waals surface area contributed by atoms with Gasteiger partial charge in [0.1, 0.15) is 0 Å². The highest BCUT2D eigenvalue weighted by molar-refractivity contribution is 7.07. The molecule has 2 aromatic rings. The lowest BCUT2D eigenvalue weighted by Gasteiger charge is -2.10. The zero-order chi connectivity index (χ0) is 14.7. The second kappa shape index (κ2) is 5.70. The third-order valence-electron chi connectivity index (χ3n) is 2.89. The third kappa shape index (κ3) is 2.94. The minimum Gasteiger partial charge on any atom is -0.478 e. The molecule has 1 heterocycles. The van der Waals surface area contributed by atoms with Crippen LogP contribution in [0.1, 0.15) is 21.5 Å². The Balaban J connectivity index is 2.35. The average Bonchev–Trinajstić information content (AvgIpc) is 2.90. The maximum atomic E-state index is 11.0. The first kappa shape index (κ1) is 14.0. The second-order valence-corrected chi connectivity index (χ2v) is 5.00. The Morgan fingerprint density at radius 3 is 2.80 bits per heavy atom. The molecular formula is C13H12N2O4S. The van der Waals surface area contributed by atoms with Crippen molar-refractivity contribution in [1.29, 1.82) is 0 Å². The zero-order valence-corrected chi connectivity index (χ0v) is 11.4. The molecule has 0 saturated carbocycles. The standard InChI is InChI=1S/C13H12N2O4S/c1-8-11(14-6-9-2-3-20-7-9)4-10(13(16)17)5-12(8)15(18)19/h2-5,7,14H,6H2,1H3,(H,16,17). The van der Waals surface area contributed by atoms with Crippen molar-refractivity contribution >= 4 is 28.7 Å². The van der Waals surface area contributed by atoms with Gasteiger partial charge in [-0.15, -0.1) is 0 Å². The lowest BCUT2D eigenvalue weighted by atomic mass is 10.1. The number of carbonyl (C=O) groups is 1. The van der Waals surface area contributed by atoms with Crippen molar-refractivity contribution in [3.05, 3.63) is 55.8 Å². The van der Waals surface area contributed by atoms with E-state index < -0.39 is 10.9 Å². The largest absolute Gasteiger partial charge is 0.478 e. The van der Waals surface area contributed by atoms with E-state index in [0.717, 1.165) is 11.6 Å². The molecule has 2 rings (SSSR count). The van der Waals surface area contributed by atoms with E-state index in [-0.39, 0.29) is 11.3 Å². The van der Waals surface area contributed by atoms with Gasteiger partial charge in [0.05, 0.1) is 10.5 Å². The maximum absolute atomic E-state index is 11.0. The molecule has 20 heavy (non-hydrogen) atoms. The fourth-order valence-electron chi connectivity index (χ4n) is 1.79. The quantitative estimate of drug-likeness (QED) is 0.651. The fourth-order valence-corrected chi connectivity index (χ4v) is 2.45. The summed E-state index contributed by atoms with van der Waals surface area (Å²) in [7, 11) is 0. The van der Waals surface area contributed by atoms with E-state index in [0.29, 0.717) is 17.8 Å². The molecule has 0 aliphatic carbocycles. The summed E-state index contributed by atoms with van der Waals surface area (Å²) in [5.41, 5.74) is 1.63. The van der Waals surface area contributed by atoms with Crippen LogP contribution >= 0.6 is 11.3 Å². The van der Waals surface area contributed by atoms with E-state index in [1.54, 1.807) is 18.3 Å². The molecule has 0 radical (unpaired) electrons. The molecule has 0 atom stereocenters. The van der Waals surface area contributed by atoms with E-state index in [4.69, 9.17) is 5.11 Å². The topological polar surface area (TPSA) is 92.5 Å². The molecule has 0 fully saturated rings. The number of nitro groups is 1. The lowest BCUT2D eigenvalue weighted by molar-refractivity contribution is -0.385. The molecule has 0 aliphatic rings. The van der Waals surface area contributed by atoms with Crippen molar-refractivity contribution in [1.82, 2.24) is 0 Å². The van der Waals surface area contributed by atoms with Gasteiger partial charge in [-0.1, -0.05) is 0 Å². The van der Waals surface area contributed by atoms with Crippen molar-refractivity contribution in [2.45, 2.75) is 13.5 Å². The Labute approximate surface area is 118 Å². The summed E-state index contributed by atoms with van der Waals surface area (Å²) in [6.45, 7) is 2.09. The third-order valence-corrected chi connectivity index (χ3v) is 3.62. The molecular weight excluding hydrogens is 280 g/mol. The van der Waals surface area contributed by atoms with Crippen LogP contribution in [0.2, 0.25) is 0 Å². The number of nitrogens with zero attached hydrogens (tertiary/aromatic N) is 1. The van der Waals surface area contributed by atoms with Crippen LogP contribution in [0.25, 0.3) is 0 Å². The molecule has 0 bridgehead atoms. The molecule has 0 amide bonds. The number of hydrogen-bond donors (Lipinski definition) is 2. The summed E-state index contributed by atoms with van der Waals surface area (Å²) in [5, 5.41) is 26.9. The number of aromatic carboxylic acids is 1. The molecule has 7 heteroatoms. The number of anilines is 1. The lowest BCUT2D eigenvalue weighted by Crippen LogP contribution is -2.06. The number of carboxylic acid groups (broad SMARTS) is 1. The molecule has 0 saturated heterocycles. The van der Waals surface area contributed by atoms with E-state index in [1.807, 2.05) is 16.8 Å². The summed E-state index contributed by atoms with van der Waals surface area (Å²) < 4.78 is 0. The monoisotopic (exact) mass is 292 g/mol. The molecule has 0 spiro atoms. The van der Waals surface area contributed by atoms with Crippen LogP contribution in [0.5, 0.6) is 0 Å². The number of benzene rings is 1. The summed E-state index contributed by atoms with van der Waals surface area (Å²) in [4.78, 5) is 21.4. The highest BCUT2D eigenvalue weighted by atomic mass is 32.1. The van der Waals surface area contributed by atoms with Crippen LogP contribution in [0.3, 0.4) is 0 Å².